The van der Waals surface area contributed by atoms with E-state index in [9.17, 15) is 19.6 Å². The Morgan fingerprint density at radius 2 is 1.83 bits per heavy atom. The summed E-state index contributed by atoms with van der Waals surface area (Å²) in [4.78, 5) is 44.4. The van der Waals surface area contributed by atoms with E-state index in [2.05, 4.69) is 5.16 Å². The van der Waals surface area contributed by atoms with Gasteiger partial charge in [-0.05, 0) is 30.3 Å². The first-order valence-corrected chi connectivity index (χ1v) is 9.00. The molecule has 2 amide bonds. The van der Waals surface area contributed by atoms with Crippen LogP contribution in [-0.4, -0.2) is 34.6 Å². The van der Waals surface area contributed by atoms with Gasteiger partial charge in [0.2, 0.25) is 17.8 Å². The fraction of sp³-hybridized carbons (Fsp3) is 0.111. The van der Waals surface area contributed by atoms with Gasteiger partial charge in [-0.25, -0.2) is 10.1 Å². The maximum Gasteiger partial charge on any atom is 0.279 e. The van der Waals surface area contributed by atoms with Crippen LogP contribution in [0.15, 0.2) is 47.6 Å². The van der Waals surface area contributed by atoms with Crippen molar-refractivity contribution in [3.63, 3.8) is 0 Å². The largest absolute Gasteiger partial charge is 0.595 e. The van der Waals surface area contributed by atoms with Gasteiger partial charge in [0.15, 0.2) is 5.69 Å². The zero-order chi connectivity index (χ0) is 20.9. The lowest BCUT2D eigenvalue weighted by Crippen LogP contribution is -2.99. The molecule has 2 heterocycles. The monoisotopic (exact) mass is 435 g/mol. The fourth-order valence-corrected chi connectivity index (χ4v) is 3.54. The van der Waals surface area contributed by atoms with Gasteiger partial charge in [-0.15, -0.1) is 0 Å². The quantitative estimate of drug-likeness (QED) is 0.426. The van der Waals surface area contributed by atoms with Crippen LogP contribution in [0.2, 0.25) is 10.0 Å². The van der Waals surface area contributed by atoms with Crippen LogP contribution in [0.1, 0.15) is 10.4 Å². The molecule has 0 bridgehead atoms. The molecule has 3 atom stereocenters. The average Bonchev–Trinajstić information content (AvgIpc) is 3.24. The van der Waals surface area contributed by atoms with Gasteiger partial charge in [-0.1, -0.05) is 28.4 Å². The Hall–Kier alpha value is -2.82. The van der Waals surface area contributed by atoms with Crippen LogP contribution in [0.3, 0.4) is 0 Å². The molecule has 2 aliphatic rings. The number of oxime groups is 1. The number of Topliss-reactive ketones (excluding diaryl/α,β-unsaturated/α-hetero) is 1. The number of quaternary nitrogens is 1. The van der Waals surface area contributed by atoms with Gasteiger partial charge in [0.05, 0.1) is 10.7 Å². The van der Waals surface area contributed by atoms with Gasteiger partial charge in [0.1, 0.15) is 11.6 Å². The van der Waals surface area contributed by atoms with Crippen LogP contribution in [0, 0.1) is 11.1 Å². The smallest absolute Gasteiger partial charge is 0.279 e. The number of rotatable bonds is 4. The van der Waals surface area contributed by atoms with Crippen LogP contribution < -0.4 is 10.1 Å². The number of hydrogen-bond acceptors (Lipinski definition) is 7. The normalized spacial score (nSPS) is 21.7. The number of carbonyl (C=O) groups is 3. The van der Waals surface area contributed by atoms with E-state index in [0.717, 1.165) is 4.90 Å². The van der Waals surface area contributed by atoms with E-state index in [1.807, 2.05) is 0 Å². The SMILES string of the molecule is O=C(C1=NOC2C(=O)N(c3cc(Cl)ccc3Cl)C(=O)C12)c1ccc([NH+]([O-])O)cc1. The third kappa shape index (κ3) is 3.18. The van der Waals surface area contributed by atoms with Gasteiger partial charge in [0.25, 0.3) is 5.91 Å². The average molecular weight is 436 g/mol. The number of nitrogens with zero attached hydrogens (tertiary/aromatic N) is 2. The van der Waals surface area contributed by atoms with Crippen molar-refractivity contribution in [3.8, 4) is 0 Å². The highest BCUT2D eigenvalue weighted by Gasteiger charge is 2.57. The summed E-state index contributed by atoms with van der Waals surface area (Å²) in [6.45, 7) is 0. The van der Waals surface area contributed by atoms with E-state index < -0.39 is 34.8 Å². The Balaban J connectivity index is 1.65. The van der Waals surface area contributed by atoms with E-state index in [1.165, 1.54) is 42.5 Å². The molecule has 3 unspecified atom stereocenters. The maximum atomic E-state index is 13.0. The number of fused-ring (bicyclic) bond motifs is 1. The minimum atomic E-state index is -1.28. The Bertz CT molecular complexity index is 1070. The number of hydrogen-bond donors (Lipinski definition) is 2. The Kier molecular flexibility index (Phi) is 4.85. The van der Waals surface area contributed by atoms with E-state index in [-0.39, 0.29) is 32.7 Å². The van der Waals surface area contributed by atoms with Crippen molar-refractivity contribution < 1.29 is 29.7 Å². The number of anilines is 1. The molecule has 1 fully saturated rings. The minimum absolute atomic E-state index is 0.00192. The molecule has 0 aromatic heterocycles. The summed E-state index contributed by atoms with van der Waals surface area (Å²) in [6.07, 6.45) is -1.28. The number of amides is 2. The number of imide groups is 1. The molecular weight excluding hydrogens is 425 g/mol. The predicted octanol–water partition coefficient (Wildman–Crippen LogP) is 1.52. The summed E-state index contributed by atoms with van der Waals surface area (Å²) >= 11 is 12.1. The fourth-order valence-electron chi connectivity index (χ4n) is 3.17. The number of carbonyl (C=O) groups excluding carboxylic acids is 3. The molecule has 2 aromatic rings. The summed E-state index contributed by atoms with van der Waals surface area (Å²) in [5.74, 6) is -3.30. The zero-order valence-electron chi connectivity index (χ0n) is 14.3. The number of benzene rings is 2. The molecule has 2 aromatic carbocycles. The van der Waals surface area contributed by atoms with Crippen LogP contribution in [0.4, 0.5) is 11.4 Å². The van der Waals surface area contributed by atoms with Crippen LogP contribution in [0.5, 0.6) is 0 Å². The molecule has 0 spiro atoms. The number of halogens is 2. The predicted molar refractivity (Wildman–Crippen MR) is 101 cm³/mol. The molecular formula is C18H11Cl2N3O6. The van der Waals surface area contributed by atoms with E-state index in [4.69, 9.17) is 33.2 Å². The molecule has 148 valence electrons. The van der Waals surface area contributed by atoms with Gasteiger partial charge < -0.3 is 10.0 Å². The summed E-state index contributed by atoms with van der Waals surface area (Å²) in [7, 11) is 0. The lowest BCUT2D eigenvalue weighted by molar-refractivity contribution is -0.991. The van der Waals surface area contributed by atoms with Crippen molar-refractivity contribution in [2.24, 2.45) is 11.1 Å². The van der Waals surface area contributed by atoms with Crippen LogP contribution in [0.25, 0.3) is 0 Å². The standard InChI is InChI=1S/C18H11Cl2N3O6/c19-9-3-6-11(20)12(7-9)22-17(25)13-14(21-29-16(13)18(22)26)15(24)8-1-4-10(5-2-8)23(27)28/h1-7,13,16,23,27H. The molecule has 1 saturated heterocycles. The van der Waals surface area contributed by atoms with Gasteiger partial charge in [-0.3, -0.25) is 14.4 Å². The van der Waals surface area contributed by atoms with Crippen molar-refractivity contribution in [1.82, 2.24) is 0 Å². The van der Waals surface area contributed by atoms with Crippen molar-refractivity contribution in [2.45, 2.75) is 6.10 Å². The highest BCUT2D eigenvalue weighted by molar-refractivity contribution is 6.53. The minimum Gasteiger partial charge on any atom is -0.595 e. The topological polar surface area (TPSA) is 124 Å². The highest BCUT2D eigenvalue weighted by Crippen LogP contribution is 2.38. The Morgan fingerprint density at radius 1 is 1.14 bits per heavy atom. The Morgan fingerprint density at radius 3 is 2.48 bits per heavy atom. The Labute approximate surface area is 173 Å². The first-order chi connectivity index (χ1) is 13.8. The van der Waals surface area contributed by atoms with Crippen LogP contribution in [-0.2, 0) is 14.4 Å². The molecule has 2 aliphatic heterocycles. The summed E-state index contributed by atoms with van der Waals surface area (Å²) < 4.78 is 0. The van der Waals surface area contributed by atoms with Gasteiger partial charge >= 0.3 is 0 Å². The number of ketones is 1. The second-order valence-electron chi connectivity index (χ2n) is 6.30. The van der Waals surface area contributed by atoms with Gasteiger partial charge in [-0.2, -0.15) is 5.23 Å². The third-order valence-electron chi connectivity index (χ3n) is 4.59. The molecule has 0 saturated carbocycles. The highest BCUT2D eigenvalue weighted by atomic mass is 35.5. The molecule has 4 rings (SSSR count). The van der Waals surface area contributed by atoms with Crippen molar-refractivity contribution in [2.75, 3.05) is 4.90 Å². The zero-order valence-corrected chi connectivity index (χ0v) is 15.8. The van der Waals surface area contributed by atoms with Gasteiger partial charge in [0, 0.05) is 22.7 Å². The first-order valence-electron chi connectivity index (χ1n) is 8.24. The van der Waals surface area contributed by atoms with E-state index in [0.29, 0.717) is 0 Å². The lowest BCUT2D eigenvalue weighted by Gasteiger charge is -2.17. The second-order valence-corrected chi connectivity index (χ2v) is 7.14. The maximum absolute atomic E-state index is 13.0. The second kappa shape index (κ2) is 7.21. The molecule has 9 nitrogen and oxygen atoms in total. The van der Waals surface area contributed by atoms with Crippen molar-refractivity contribution in [1.29, 1.82) is 0 Å². The summed E-state index contributed by atoms with van der Waals surface area (Å²) in [5, 5.41) is 22.8. The lowest BCUT2D eigenvalue weighted by atomic mass is 9.93. The molecule has 0 aliphatic carbocycles. The molecule has 11 heteroatoms. The third-order valence-corrected chi connectivity index (χ3v) is 5.14. The summed E-state index contributed by atoms with van der Waals surface area (Å²) in [6, 6.07) is 9.42. The molecule has 0 radical (unpaired) electrons. The number of nitrogens with one attached hydrogen (secondary N) is 1. The molecule has 2 N–H and O–H groups in total. The molecule has 29 heavy (non-hydrogen) atoms. The van der Waals surface area contributed by atoms with Crippen LogP contribution >= 0.6 is 23.2 Å². The van der Waals surface area contributed by atoms with E-state index >= 15 is 0 Å². The van der Waals surface area contributed by atoms with Crippen molar-refractivity contribution in [3.05, 3.63) is 63.3 Å². The summed E-state index contributed by atoms with van der Waals surface area (Å²) in [5.41, 5.74) is -0.0442. The van der Waals surface area contributed by atoms with E-state index in [1.54, 1.807) is 0 Å². The van der Waals surface area contributed by atoms with Crippen molar-refractivity contribution >= 4 is 57.9 Å². The first kappa shape index (κ1) is 19.5.